The van der Waals surface area contributed by atoms with Crippen LogP contribution in [0.25, 0.3) is 6.08 Å². The summed E-state index contributed by atoms with van der Waals surface area (Å²) in [6.07, 6.45) is 4.23. The van der Waals surface area contributed by atoms with Crippen LogP contribution in [0.1, 0.15) is 11.1 Å². The molecule has 1 saturated heterocycles. The van der Waals surface area contributed by atoms with E-state index in [-0.39, 0.29) is 17.3 Å². The highest BCUT2D eigenvalue weighted by Gasteiger charge is 2.30. The van der Waals surface area contributed by atoms with Gasteiger partial charge in [-0.2, -0.15) is 0 Å². The molecule has 188 valence electrons. The fourth-order valence-electron chi connectivity index (χ4n) is 4.06. The second-order valence-corrected chi connectivity index (χ2v) is 11.1. The zero-order valence-corrected chi connectivity index (χ0v) is 21.8. The first-order valence-electron chi connectivity index (χ1n) is 11.9. The maximum Gasteiger partial charge on any atom is 0.264 e. The summed E-state index contributed by atoms with van der Waals surface area (Å²) in [7, 11) is -3.96. The summed E-state index contributed by atoms with van der Waals surface area (Å²) in [4.78, 5) is 17.4. The smallest absolute Gasteiger partial charge is 0.264 e. The molecule has 4 rings (SSSR count). The Morgan fingerprint density at radius 2 is 1.56 bits per heavy atom. The van der Waals surface area contributed by atoms with Crippen molar-refractivity contribution in [2.75, 3.05) is 43.6 Å². The van der Waals surface area contributed by atoms with E-state index in [1.54, 1.807) is 17.0 Å². The van der Waals surface area contributed by atoms with Gasteiger partial charge >= 0.3 is 0 Å². The van der Waals surface area contributed by atoms with Crippen molar-refractivity contribution in [2.45, 2.75) is 11.8 Å². The van der Waals surface area contributed by atoms with Crippen molar-refractivity contribution in [1.29, 1.82) is 0 Å². The number of aryl methyl sites for hydroxylation is 1. The SMILES string of the molecule is Cc1ccc(N(CC(=O)N2CCN(C/C=C/c3ccccc3)CC2)S(=O)(=O)c2ccc(Cl)cc2)cc1. The zero-order valence-electron chi connectivity index (χ0n) is 20.3. The largest absolute Gasteiger partial charge is 0.339 e. The monoisotopic (exact) mass is 523 g/mol. The van der Waals surface area contributed by atoms with E-state index < -0.39 is 10.0 Å². The van der Waals surface area contributed by atoms with E-state index in [4.69, 9.17) is 11.6 Å². The van der Waals surface area contributed by atoms with Gasteiger partial charge in [0.25, 0.3) is 10.0 Å². The normalized spacial score (nSPS) is 14.8. The lowest BCUT2D eigenvalue weighted by atomic mass is 10.2. The molecule has 1 aliphatic heterocycles. The van der Waals surface area contributed by atoms with Crippen molar-refractivity contribution in [1.82, 2.24) is 9.80 Å². The van der Waals surface area contributed by atoms with Gasteiger partial charge in [-0.25, -0.2) is 8.42 Å². The predicted octanol–water partition coefficient (Wildman–Crippen LogP) is 4.70. The Kier molecular flexibility index (Phi) is 8.46. The van der Waals surface area contributed by atoms with Crippen molar-refractivity contribution in [2.24, 2.45) is 0 Å². The molecule has 0 bridgehead atoms. The van der Waals surface area contributed by atoms with E-state index in [2.05, 4.69) is 29.2 Å². The first kappa shape index (κ1) is 25.9. The minimum Gasteiger partial charge on any atom is -0.339 e. The third-order valence-corrected chi connectivity index (χ3v) is 8.24. The Morgan fingerprint density at radius 3 is 2.19 bits per heavy atom. The Labute approximate surface area is 218 Å². The van der Waals surface area contributed by atoms with Crippen molar-refractivity contribution >= 4 is 39.3 Å². The van der Waals surface area contributed by atoms with Gasteiger partial charge in [0.15, 0.2) is 0 Å². The molecule has 0 aromatic heterocycles. The van der Waals surface area contributed by atoms with Crippen LogP contribution in [0.15, 0.2) is 89.8 Å². The van der Waals surface area contributed by atoms with Gasteiger partial charge in [0.05, 0.1) is 10.6 Å². The average Bonchev–Trinajstić information content (AvgIpc) is 2.89. The summed E-state index contributed by atoms with van der Waals surface area (Å²) in [5.41, 5.74) is 2.62. The summed E-state index contributed by atoms with van der Waals surface area (Å²) in [6, 6.07) is 23.3. The number of rotatable bonds is 8. The van der Waals surface area contributed by atoms with E-state index in [9.17, 15) is 13.2 Å². The van der Waals surface area contributed by atoms with Crippen molar-refractivity contribution in [3.05, 3.63) is 101 Å². The Bertz CT molecular complexity index is 1290. The van der Waals surface area contributed by atoms with Crippen LogP contribution >= 0.6 is 11.6 Å². The molecule has 3 aromatic rings. The van der Waals surface area contributed by atoms with E-state index in [1.165, 1.54) is 28.6 Å². The molecule has 0 unspecified atom stereocenters. The summed E-state index contributed by atoms with van der Waals surface area (Å²) in [6.45, 7) is 5.06. The maximum atomic E-state index is 13.5. The lowest BCUT2D eigenvalue weighted by Crippen LogP contribution is -2.51. The van der Waals surface area contributed by atoms with E-state index in [0.29, 0.717) is 23.8 Å². The van der Waals surface area contributed by atoms with Crippen LogP contribution in [0.3, 0.4) is 0 Å². The standard InChI is InChI=1S/C28H30ClN3O3S/c1-23-9-13-26(14-10-23)32(36(34,35)27-15-11-25(29)12-16-27)22-28(33)31-20-18-30(19-21-31)17-5-8-24-6-3-2-4-7-24/h2-16H,17-22H2,1H3/b8-5+. The number of carbonyl (C=O) groups is 1. The number of sulfonamides is 1. The summed E-state index contributed by atoms with van der Waals surface area (Å²) in [5, 5.41) is 0.448. The van der Waals surface area contributed by atoms with Gasteiger partial charge in [0.1, 0.15) is 6.54 Å². The zero-order chi connectivity index (χ0) is 25.5. The molecule has 0 spiro atoms. The molecule has 1 heterocycles. The minimum atomic E-state index is -3.96. The lowest BCUT2D eigenvalue weighted by Gasteiger charge is -2.35. The third-order valence-electron chi connectivity index (χ3n) is 6.20. The molecule has 0 saturated carbocycles. The quantitative estimate of drug-likeness (QED) is 0.429. The van der Waals surface area contributed by atoms with Crippen LogP contribution in [-0.4, -0.2) is 63.4 Å². The van der Waals surface area contributed by atoms with Gasteiger partial charge in [-0.05, 0) is 48.9 Å². The molecule has 1 fully saturated rings. The number of benzene rings is 3. The molecule has 0 atom stereocenters. The fourth-order valence-corrected chi connectivity index (χ4v) is 5.60. The molecule has 1 aliphatic rings. The summed E-state index contributed by atoms with van der Waals surface area (Å²) >= 11 is 5.96. The number of nitrogens with zero attached hydrogens (tertiary/aromatic N) is 3. The highest BCUT2D eigenvalue weighted by atomic mass is 35.5. The molecule has 3 aromatic carbocycles. The summed E-state index contributed by atoms with van der Waals surface area (Å²) < 4.78 is 28.2. The van der Waals surface area contributed by atoms with Crippen LogP contribution in [0.2, 0.25) is 5.02 Å². The fraction of sp³-hybridized carbons (Fsp3) is 0.250. The van der Waals surface area contributed by atoms with Gasteiger partial charge in [-0.15, -0.1) is 0 Å². The first-order chi connectivity index (χ1) is 17.3. The molecular formula is C28H30ClN3O3S. The second-order valence-electron chi connectivity index (χ2n) is 8.80. The van der Waals surface area contributed by atoms with Gasteiger partial charge in [0.2, 0.25) is 5.91 Å². The van der Waals surface area contributed by atoms with Crippen molar-refractivity contribution < 1.29 is 13.2 Å². The predicted molar refractivity (Wildman–Crippen MR) is 146 cm³/mol. The molecule has 36 heavy (non-hydrogen) atoms. The van der Waals surface area contributed by atoms with E-state index in [1.807, 2.05) is 37.3 Å². The average molecular weight is 524 g/mol. The second kappa shape index (κ2) is 11.7. The number of amides is 1. The molecule has 0 N–H and O–H groups in total. The highest BCUT2D eigenvalue weighted by molar-refractivity contribution is 7.92. The van der Waals surface area contributed by atoms with Gasteiger partial charge in [-0.1, -0.05) is 71.8 Å². The van der Waals surface area contributed by atoms with Gasteiger partial charge in [-0.3, -0.25) is 14.0 Å². The highest BCUT2D eigenvalue weighted by Crippen LogP contribution is 2.25. The third kappa shape index (κ3) is 6.55. The summed E-state index contributed by atoms with van der Waals surface area (Å²) in [5.74, 6) is -0.215. The number of halogens is 1. The Morgan fingerprint density at radius 1 is 0.917 bits per heavy atom. The van der Waals surface area contributed by atoms with Gasteiger partial charge < -0.3 is 4.90 Å². The van der Waals surface area contributed by atoms with E-state index in [0.717, 1.165) is 30.8 Å². The molecular weight excluding hydrogens is 494 g/mol. The molecule has 0 radical (unpaired) electrons. The van der Waals surface area contributed by atoms with Crippen LogP contribution in [0, 0.1) is 6.92 Å². The van der Waals surface area contributed by atoms with Crippen LogP contribution in [-0.2, 0) is 14.8 Å². The lowest BCUT2D eigenvalue weighted by molar-refractivity contribution is -0.131. The molecule has 1 amide bonds. The Balaban J connectivity index is 1.42. The molecule has 6 nitrogen and oxygen atoms in total. The number of anilines is 1. The van der Waals surface area contributed by atoms with Crippen LogP contribution in [0.5, 0.6) is 0 Å². The number of hydrogen-bond donors (Lipinski definition) is 0. The first-order valence-corrected chi connectivity index (χ1v) is 13.7. The molecule has 0 aliphatic carbocycles. The van der Waals surface area contributed by atoms with E-state index >= 15 is 0 Å². The Hall–Kier alpha value is -3.13. The molecule has 8 heteroatoms. The minimum absolute atomic E-state index is 0.0929. The number of carbonyl (C=O) groups excluding carboxylic acids is 1. The van der Waals surface area contributed by atoms with Gasteiger partial charge in [0, 0.05) is 37.7 Å². The van der Waals surface area contributed by atoms with Crippen molar-refractivity contribution in [3.8, 4) is 0 Å². The maximum absolute atomic E-state index is 13.5. The van der Waals surface area contributed by atoms with Crippen LogP contribution < -0.4 is 4.31 Å². The number of hydrogen-bond acceptors (Lipinski definition) is 4. The van der Waals surface area contributed by atoms with Crippen molar-refractivity contribution in [3.63, 3.8) is 0 Å². The topological polar surface area (TPSA) is 60.9 Å². The van der Waals surface area contributed by atoms with Crippen LogP contribution in [0.4, 0.5) is 5.69 Å². The number of piperazine rings is 1.